The SMILES string of the molecule is CC1CCOC1.CCC(C)OC(C)CC(C)C.CSn1ccc(C(=O)NCC(=O)Nc2nc(-c3cccc(C)n3)cs2)c1. The van der Waals surface area contributed by atoms with Gasteiger partial charge in [0.15, 0.2) is 5.13 Å². The molecule has 9 nitrogen and oxygen atoms in total. The number of pyridine rings is 1. The van der Waals surface area contributed by atoms with E-state index in [1.807, 2.05) is 40.7 Å². The zero-order chi connectivity index (χ0) is 31.8. The quantitative estimate of drug-likeness (QED) is 0.233. The Balaban J connectivity index is 0.000000311. The zero-order valence-corrected chi connectivity index (χ0v) is 28.5. The van der Waals surface area contributed by atoms with Gasteiger partial charge in [-0.3, -0.25) is 18.5 Å². The molecule has 1 aliphatic rings. The number of hydrogen-bond donors (Lipinski definition) is 2. The lowest BCUT2D eigenvalue weighted by Gasteiger charge is -2.19. The topological polar surface area (TPSA) is 107 Å². The smallest absolute Gasteiger partial charge is 0.253 e. The molecule has 0 spiro atoms. The fourth-order valence-electron chi connectivity index (χ4n) is 4.05. The van der Waals surface area contributed by atoms with Crippen LogP contribution in [0, 0.1) is 18.8 Å². The Morgan fingerprint density at radius 1 is 1.16 bits per heavy atom. The minimum absolute atomic E-state index is 0.124. The molecule has 3 aromatic heterocycles. The van der Waals surface area contributed by atoms with Crippen molar-refractivity contribution in [3.8, 4) is 11.4 Å². The summed E-state index contributed by atoms with van der Waals surface area (Å²) in [6.45, 7) is 16.9. The van der Waals surface area contributed by atoms with E-state index in [4.69, 9.17) is 9.47 Å². The highest BCUT2D eigenvalue weighted by Gasteiger charge is 2.12. The van der Waals surface area contributed by atoms with Gasteiger partial charge in [-0.15, -0.1) is 11.3 Å². The minimum Gasteiger partial charge on any atom is -0.381 e. The third kappa shape index (κ3) is 14.5. The third-order valence-electron chi connectivity index (χ3n) is 6.45. The highest BCUT2D eigenvalue weighted by atomic mass is 32.2. The largest absolute Gasteiger partial charge is 0.381 e. The van der Waals surface area contributed by atoms with Crippen molar-refractivity contribution >= 4 is 40.2 Å². The Hall–Kier alpha value is -2.73. The highest BCUT2D eigenvalue weighted by molar-refractivity contribution is 7.97. The molecule has 1 saturated heterocycles. The maximum absolute atomic E-state index is 12.0. The predicted octanol–water partition coefficient (Wildman–Crippen LogP) is 7.09. The fourth-order valence-corrected chi connectivity index (χ4v) is 5.17. The number of aryl methyl sites for hydroxylation is 1. The molecule has 3 aromatic rings. The van der Waals surface area contributed by atoms with Gasteiger partial charge < -0.3 is 20.1 Å². The molecule has 4 heterocycles. The van der Waals surface area contributed by atoms with E-state index < -0.39 is 0 Å². The van der Waals surface area contributed by atoms with Crippen LogP contribution in [0.4, 0.5) is 5.13 Å². The average Bonchev–Trinajstić information content (AvgIpc) is 3.74. The molecule has 0 aliphatic carbocycles. The first-order chi connectivity index (χ1) is 20.5. The number of ether oxygens (including phenoxy) is 2. The van der Waals surface area contributed by atoms with Crippen LogP contribution >= 0.6 is 23.3 Å². The van der Waals surface area contributed by atoms with E-state index in [-0.39, 0.29) is 18.4 Å². The van der Waals surface area contributed by atoms with Crippen LogP contribution in [0.3, 0.4) is 0 Å². The number of carbonyl (C=O) groups excluding carboxylic acids is 2. The molecule has 1 fully saturated rings. The van der Waals surface area contributed by atoms with Crippen LogP contribution in [0.2, 0.25) is 0 Å². The molecule has 2 N–H and O–H groups in total. The second-order valence-corrected chi connectivity index (χ2v) is 12.8. The number of nitrogens with one attached hydrogen (secondary N) is 2. The lowest BCUT2D eigenvalue weighted by molar-refractivity contribution is -0.115. The number of nitrogens with zero attached hydrogens (tertiary/aromatic N) is 3. The molecule has 1 aliphatic heterocycles. The predicted molar refractivity (Wildman–Crippen MR) is 179 cm³/mol. The van der Waals surface area contributed by atoms with Gasteiger partial charge in [0.25, 0.3) is 5.91 Å². The summed E-state index contributed by atoms with van der Waals surface area (Å²) < 4.78 is 12.6. The van der Waals surface area contributed by atoms with Crippen LogP contribution in [0.5, 0.6) is 0 Å². The summed E-state index contributed by atoms with van der Waals surface area (Å²) in [5, 5.41) is 7.58. The zero-order valence-electron chi connectivity index (χ0n) is 26.9. The Kier molecular flexibility index (Phi) is 16.6. The Morgan fingerprint density at radius 2 is 1.93 bits per heavy atom. The molecule has 0 bridgehead atoms. The molecule has 11 heteroatoms. The minimum atomic E-state index is -0.333. The second-order valence-electron chi connectivity index (χ2n) is 11.1. The number of aromatic nitrogens is 3. The van der Waals surface area contributed by atoms with E-state index in [1.54, 1.807) is 18.5 Å². The second kappa shape index (κ2) is 19.5. The monoisotopic (exact) mass is 631 g/mol. The summed E-state index contributed by atoms with van der Waals surface area (Å²) in [6.07, 6.45) is 9.79. The number of hydrogen-bond acceptors (Lipinski definition) is 8. The van der Waals surface area contributed by atoms with Gasteiger partial charge in [-0.25, -0.2) is 4.98 Å². The standard InChI is InChI=1S/C17H17N5O2S2.C10H22O.C5H10O/c1-11-4-3-5-13(19-11)14-10-26-17(20-14)21-15(23)8-18-16(24)12-6-7-22(9-12)25-2;1-6-9(4)11-10(5)7-8(2)3;1-5-2-3-6-4-5/h3-7,9-10H,8H2,1-2H3,(H,18,24)(H,20,21,23);8-10H,6-7H2,1-5H3;5H,2-4H2,1H3. The van der Waals surface area contributed by atoms with Crippen LogP contribution in [-0.2, 0) is 14.3 Å². The van der Waals surface area contributed by atoms with Gasteiger partial charge in [0.05, 0.1) is 30.0 Å². The first-order valence-corrected chi connectivity index (χ1v) is 17.0. The van der Waals surface area contributed by atoms with E-state index >= 15 is 0 Å². The van der Waals surface area contributed by atoms with Crippen LogP contribution < -0.4 is 10.6 Å². The molecular formula is C32H49N5O4S2. The van der Waals surface area contributed by atoms with E-state index in [0.717, 1.165) is 42.9 Å². The fraction of sp³-hybridized carbons (Fsp3) is 0.562. The van der Waals surface area contributed by atoms with Gasteiger partial charge in [-0.2, -0.15) is 0 Å². The summed E-state index contributed by atoms with van der Waals surface area (Å²) in [4.78, 5) is 32.8. The number of rotatable bonds is 11. The van der Waals surface area contributed by atoms with Crippen molar-refractivity contribution in [2.75, 3.05) is 31.3 Å². The van der Waals surface area contributed by atoms with Crippen LogP contribution in [0.15, 0.2) is 42.0 Å². The number of thiazole rings is 1. The lowest BCUT2D eigenvalue weighted by atomic mass is 10.1. The summed E-state index contributed by atoms with van der Waals surface area (Å²) in [5.41, 5.74) is 2.87. The van der Waals surface area contributed by atoms with E-state index in [1.165, 1.54) is 36.1 Å². The summed E-state index contributed by atoms with van der Waals surface area (Å²) in [6, 6.07) is 7.39. The number of anilines is 1. The molecule has 4 rings (SSSR count). The normalized spacial score (nSPS) is 15.5. The van der Waals surface area contributed by atoms with Crippen LogP contribution in [0.25, 0.3) is 11.4 Å². The first-order valence-electron chi connectivity index (χ1n) is 14.9. The van der Waals surface area contributed by atoms with Gasteiger partial charge in [0.1, 0.15) is 5.69 Å². The van der Waals surface area contributed by atoms with Gasteiger partial charge in [-0.1, -0.05) is 33.8 Å². The lowest BCUT2D eigenvalue weighted by Crippen LogP contribution is -2.32. The average molecular weight is 632 g/mol. The van der Waals surface area contributed by atoms with Crippen LogP contribution in [0.1, 0.15) is 76.9 Å². The number of carbonyl (C=O) groups is 2. The summed E-state index contributed by atoms with van der Waals surface area (Å²) in [7, 11) is 0. The van der Waals surface area contributed by atoms with Crippen molar-refractivity contribution < 1.29 is 19.1 Å². The molecule has 2 amide bonds. The van der Waals surface area contributed by atoms with Crippen molar-refractivity contribution in [1.29, 1.82) is 0 Å². The summed E-state index contributed by atoms with van der Waals surface area (Å²) in [5.74, 6) is 0.941. The molecule has 3 atom stereocenters. The van der Waals surface area contributed by atoms with Crippen molar-refractivity contribution in [3.05, 3.63) is 53.3 Å². The first kappa shape index (κ1) is 36.5. The maximum atomic E-state index is 12.0. The van der Waals surface area contributed by atoms with Crippen molar-refractivity contribution in [2.45, 2.75) is 79.9 Å². The molecule has 0 aromatic carbocycles. The van der Waals surface area contributed by atoms with Crippen molar-refractivity contribution in [2.24, 2.45) is 11.8 Å². The van der Waals surface area contributed by atoms with Gasteiger partial charge >= 0.3 is 0 Å². The molecule has 238 valence electrons. The van der Waals surface area contributed by atoms with Gasteiger partial charge in [-0.05, 0) is 82.0 Å². The van der Waals surface area contributed by atoms with Gasteiger partial charge in [0.2, 0.25) is 5.91 Å². The summed E-state index contributed by atoms with van der Waals surface area (Å²) >= 11 is 2.79. The molecule has 3 unspecified atom stereocenters. The van der Waals surface area contributed by atoms with E-state index in [0.29, 0.717) is 28.6 Å². The molecule has 0 radical (unpaired) electrons. The molecule has 0 saturated carbocycles. The Bertz CT molecular complexity index is 1240. The van der Waals surface area contributed by atoms with Gasteiger partial charge in [0, 0.05) is 42.9 Å². The van der Waals surface area contributed by atoms with Crippen LogP contribution in [-0.4, -0.2) is 64.0 Å². The Morgan fingerprint density at radius 3 is 2.49 bits per heavy atom. The molecular weight excluding hydrogens is 583 g/mol. The van der Waals surface area contributed by atoms with Crippen molar-refractivity contribution in [3.63, 3.8) is 0 Å². The number of amides is 2. The third-order valence-corrected chi connectivity index (χ3v) is 7.86. The Labute approximate surface area is 265 Å². The van der Waals surface area contributed by atoms with Crippen molar-refractivity contribution in [1.82, 2.24) is 19.3 Å². The highest BCUT2D eigenvalue weighted by Crippen LogP contribution is 2.23. The van der Waals surface area contributed by atoms with E-state index in [9.17, 15) is 9.59 Å². The maximum Gasteiger partial charge on any atom is 0.253 e. The molecule has 43 heavy (non-hydrogen) atoms. The van der Waals surface area contributed by atoms with E-state index in [2.05, 4.69) is 62.1 Å².